The maximum Gasteiger partial charge on any atom is 0.416 e. The van der Waals surface area contributed by atoms with Gasteiger partial charge in [-0.25, -0.2) is 8.42 Å². The van der Waals surface area contributed by atoms with Gasteiger partial charge >= 0.3 is 6.18 Å². The molecule has 0 atom stereocenters. The molecule has 0 unspecified atom stereocenters. The smallest absolute Gasteiger partial charge is 0.395 e. The van der Waals surface area contributed by atoms with Gasteiger partial charge in [0.1, 0.15) is 0 Å². The largest absolute Gasteiger partial charge is 0.416 e. The van der Waals surface area contributed by atoms with Gasteiger partial charge in [-0.15, -0.1) is 0 Å². The Labute approximate surface area is 164 Å². The Kier molecular flexibility index (Phi) is 7.89. The number of halogens is 3. The molecule has 28 heavy (non-hydrogen) atoms. The lowest BCUT2D eigenvalue weighted by molar-refractivity contribution is -0.137. The van der Waals surface area contributed by atoms with Gasteiger partial charge in [0, 0.05) is 25.6 Å². The first kappa shape index (κ1) is 22.7. The Hall–Kier alpha value is -1.60. The summed E-state index contributed by atoms with van der Waals surface area (Å²) in [7, 11) is -3.81. The van der Waals surface area contributed by atoms with Crippen LogP contribution in [-0.4, -0.2) is 62.1 Å². The molecular weight excluding hydrogens is 393 g/mol. The Morgan fingerprint density at radius 2 is 1.82 bits per heavy atom. The van der Waals surface area contributed by atoms with Gasteiger partial charge in [0.2, 0.25) is 10.0 Å². The molecular formula is C19H25F3N2O3S. The monoisotopic (exact) mass is 418 g/mol. The van der Waals surface area contributed by atoms with Gasteiger partial charge in [-0.1, -0.05) is 18.8 Å². The summed E-state index contributed by atoms with van der Waals surface area (Å²) in [5.41, 5.74) is -0.872. The van der Waals surface area contributed by atoms with Crippen molar-refractivity contribution >= 4 is 10.0 Å². The molecule has 0 saturated carbocycles. The summed E-state index contributed by atoms with van der Waals surface area (Å²) in [5.74, 6) is 6.34. The highest BCUT2D eigenvalue weighted by molar-refractivity contribution is 7.89. The average molecular weight is 418 g/mol. The molecule has 1 saturated heterocycles. The van der Waals surface area contributed by atoms with E-state index in [1.165, 1.54) is 4.31 Å². The minimum atomic E-state index is -4.50. The molecule has 5 nitrogen and oxygen atoms in total. The van der Waals surface area contributed by atoms with Crippen molar-refractivity contribution in [2.75, 3.05) is 39.3 Å². The standard InChI is InChI=1S/C19H25F3N2O3S/c1-2-23(14-15-25)11-3-4-16-9-12-24(13-10-16)28(26,27)18-7-5-17(6-8-18)19(20,21)22/h5-8,16,25H,2,9-15H2,1H3. The lowest BCUT2D eigenvalue weighted by Gasteiger charge is -2.29. The maximum atomic E-state index is 12.6. The predicted octanol–water partition coefficient (Wildman–Crippen LogP) is 2.42. The van der Waals surface area contributed by atoms with Crippen molar-refractivity contribution in [2.45, 2.75) is 30.8 Å². The second-order valence-electron chi connectivity index (χ2n) is 6.61. The van der Waals surface area contributed by atoms with Gasteiger partial charge in [0.05, 0.1) is 23.6 Å². The number of hydrogen-bond acceptors (Lipinski definition) is 4. The number of sulfonamides is 1. The van der Waals surface area contributed by atoms with Crippen molar-refractivity contribution in [1.29, 1.82) is 0 Å². The van der Waals surface area contributed by atoms with E-state index in [2.05, 4.69) is 11.8 Å². The molecule has 1 aliphatic rings. The second kappa shape index (κ2) is 9.74. The van der Waals surface area contributed by atoms with E-state index >= 15 is 0 Å². The Balaban J connectivity index is 1.95. The molecule has 1 aromatic rings. The van der Waals surface area contributed by atoms with E-state index in [1.807, 2.05) is 11.8 Å². The van der Waals surface area contributed by atoms with Crippen LogP contribution in [-0.2, 0) is 16.2 Å². The summed E-state index contributed by atoms with van der Waals surface area (Å²) in [6, 6.07) is 3.59. The van der Waals surface area contributed by atoms with Crippen molar-refractivity contribution < 1.29 is 26.7 Å². The fourth-order valence-corrected chi connectivity index (χ4v) is 4.47. The van der Waals surface area contributed by atoms with Crippen LogP contribution >= 0.6 is 0 Å². The highest BCUT2D eigenvalue weighted by Gasteiger charge is 2.32. The summed E-state index contributed by atoms with van der Waals surface area (Å²) < 4.78 is 64.5. The van der Waals surface area contributed by atoms with Crippen LogP contribution in [0.25, 0.3) is 0 Å². The van der Waals surface area contributed by atoms with Gasteiger partial charge in [-0.05, 0) is 43.7 Å². The number of hydrogen-bond donors (Lipinski definition) is 1. The van der Waals surface area contributed by atoms with Crippen molar-refractivity contribution in [3.63, 3.8) is 0 Å². The van der Waals surface area contributed by atoms with Gasteiger partial charge in [0.15, 0.2) is 0 Å². The van der Waals surface area contributed by atoms with Crippen LogP contribution in [0.2, 0.25) is 0 Å². The van der Waals surface area contributed by atoms with Crippen LogP contribution < -0.4 is 0 Å². The molecule has 2 rings (SSSR count). The molecule has 1 N–H and O–H groups in total. The van der Waals surface area contributed by atoms with Crippen LogP contribution in [0.5, 0.6) is 0 Å². The third-order valence-electron chi connectivity index (χ3n) is 4.75. The summed E-state index contributed by atoms with van der Waals surface area (Å²) in [5, 5.41) is 8.96. The third-order valence-corrected chi connectivity index (χ3v) is 6.66. The van der Waals surface area contributed by atoms with E-state index in [1.54, 1.807) is 0 Å². The van der Waals surface area contributed by atoms with E-state index < -0.39 is 21.8 Å². The van der Waals surface area contributed by atoms with Gasteiger partial charge < -0.3 is 5.11 Å². The first-order valence-corrected chi connectivity index (χ1v) is 10.6. The fourth-order valence-electron chi connectivity index (χ4n) is 3.00. The lowest BCUT2D eigenvalue weighted by Crippen LogP contribution is -2.38. The van der Waals surface area contributed by atoms with Crippen LogP contribution in [0, 0.1) is 17.8 Å². The quantitative estimate of drug-likeness (QED) is 0.721. The molecule has 0 spiro atoms. The normalized spacial score (nSPS) is 16.8. The summed E-state index contributed by atoms with van der Waals surface area (Å²) >= 11 is 0. The zero-order valence-corrected chi connectivity index (χ0v) is 16.6. The molecule has 156 valence electrons. The van der Waals surface area contributed by atoms with Crippen molar-refractivity contribution in [2.24, 2.45) is 5.92 Å². The zero-order valence-electron chi connectivity index (χ0n) is 15.7. The summed E-state index contributed by atoms with van der Waals surface area (Å²) in [6.07, 6.45) is -3.33. The molecule has 0 bridgehead atoms. The Morgan fingerprint density at radius 1 is 1.21 bits per heavy atom. The number of likely N-dealkylation sites (N-methyl/N-ethyl adjacent to an activating group) is 1. The summed E-state index contributed by atoms with van der Waals surface area (Å²) in [4.78, 5) is 1.88. The second-order valence-corrected chi connectivity index (χ2v) is 8.55. The number of aliphatic hydroxyl groups excluding tert-OH is 1. The van der Waals surface area contributed by atoms with Crippen LogP contribution in [0.15, 0.2) is 29.2 Å². The summed E-state index contributed by atoms with van der Waals surface area (Å²) in [6.45, 7) is 4.56. The first-order chi connectivity index (χ1) is 13.2. The Morgan fingerprint density at radius 3 is 2.32 bits per heavy atom. The molecule has 1 fully saturated rings. The van der Waals surface area contributed by atoms with Crippen LogP contribution in [0.4, 0.5) is 13.2 Å². The SMILES string of the molecule is CCN(CC#CC1CCN(S(=O)(=O)c2ccc(C(F)(F)F)cc2)CC1)CCO. The van der Waals surface area contributed by atoms with Crippen LogP contribution in [0.1, 0.15) is 25.3 Å². The van der Waals surface area contributed by atoms with E-state index in [0.717, 1.165) is 30.8 Å². The van der Waals surface area contributed by atoms with Crippen molar-refractivity contribution in [3.8, 4) is 11.8 Å². The molecule has 1 aliphatic heterocycles. The van der Waals surface area contributed by atoms with E-state index in [-0.39, 0.29) is 30.5 Å². The minimum Gasteiger partial charge on any atom is -0.395 e. The van der Waals surface area contributed by atoms with Crippen molar-refractivity contribution in [1.82, 2.24) is 9.21 Å². The number of piperidine rings is 1. The molecule has 0 aromatic heterocycles. The van der Waals surface area contributed by atoms with Crippen molar-refractivity contribution in [3.05, 3.63) is 29.8 Å². The van der Waals surface area contributed by atoms with E-state index in [4.69, 9.17) is 5.11 Å². The maximum absolute atomic E-state index is 12.6. The highest BCUT2D eigenvalue weighted by atomic mass is 32.2. The number of rotatable bonds is 6. The molecule has 0 amide bonds. The molecule has 9 heteroatoms. The zero-order chi connectivity index (χ0) is 20.8. The highest BCUT2D eigenvalue weighted by Crippen LogP contribution is 2.30. The number of aliphatic hydroxyl groups is 1. The Bertz CT molecular complexity index is 790. The first-order valence-electron chi connectivity index (χ1n) is 9.17. The molecule has 0 aliphatic carbocycles. The fraction of sp³-hybridized carbons (Fsp3) is 0.579. The van der Waals surface area contributed by atoms with Gasteiger partial charge in [-0.3, -0.25) is 4.90 Å². The molecule has 0 radical (unpaired) electrons. The van der Waals surface area contributed by atoms with E-state index in [9.17, 15) is 21.6 Å². The molecule has 1 heterocycles. The predicted molar refractivity (Wildman–Crippen MR) is 99.9 cm³/mol. The topological polar surface area (TPSA) is 60.9 Å². The lowest BCUT2D eigenvalue weighted by atomic mass is 9.99. The molecule has 1 aromatic carbocycles. The number of benzene rings is 1. The van der Waals surface area contributed by atoms with E-state index in [0.29, 0.717) is 25.9 Å². The van der Waals surface area contributed by atoms with Gasteiger partial charge in [-0.2, -0.15) is 17.5 Å². The minimum absolute atomic E-state index is 0.0791. The van der Waals surface area contributed by atoms with Gasteiger partial charge in [0.25, 0.3) is 0 Å². The third kappa shape index (κ3) is 5.95. The average Bonchev–Trinajstić information content (AvgIpc) is 2.67. The number of alkyl halides is 3. The van der Waals surface area contributed by atoms with Crippen LogP contribution in [0.3, 0.4) is 0 Å². The number of nitrogens with zero attached hydrogens (tertiary/aromatic N) is 2.